The highest BCUT2D eigenvalue weighted by atomic mass is 32.2. The number of hydrogen-bond acceptors (Lipinski definition) is 3. The average Bonchev–Trinajstić information content (AvgIpc) is 2.12. The minimum absolute atomic E-state index is 0.814. The number of nitrogens with one attached hydrogen (secondary N) is 1. The van der Waals surface area contributed by atoms with Crippen LogP contribution in [0.25, 0.3) is 0 Å². The van der Waals surface area contributed by atoms with E-state index in [0.29, 0.717) is 0 Å². The third-order valence-electron chi connectivity index (χ3n) is 3.14. The maximum atomic E-state index is 3.75. The Bertz CT molecular complexity index is 151. The second-order valence-electron chi connectivity index (χ2n) is 4.11. The summed E-state index contributed by atoms with van der Waals surface area (Å²) in [7, 11) is 0. The van der Waals surface area contributed by atoms with Gasteiger partial charge in [0.25, 0.3) is 0 Å². The molecule has 0 unspecified atom stereocenters. The molecule has 2 aliphatic rings. The highest BCUT2D eigenvalue weighted by Crippen LogP contribution is 2.20. The molecule has 0 saturated carbocycles. The summed E-state index contributed by atoms with van der Waals surface area (Å²) in [6.07, 6.45) is 2.71. The van der Waals surface area contributed by atoms with Gasteiger partial charge in [0, 0.05) is 23.6 Å². The Balaban J connectivity index is 1.65. The lowest BCUT2D eigenvalue weighted by Crippen LogP contribution is -2.50. The topological polar surface area (TPSA) is 15.3 Å². The number of thioether (sulfide) groups is 1. The van der Waals surface area contributed by atoms with Gasteiger partial charge in [-0.1, -0.05) is 6.92 Å². The Labute approximate surface area is 85.4 Å². The van der Waals surface area contributed by atoms with Crippen molar-refractivity contribution in [2.45, 2.75) is 31.8 Å². The normalized spacial score (nSPS) is 27.5. The number of likely N-dealkylation sites (tertiary alicyclic amines) is 1. The van der Waals surface area contributed by atoms with E-state index in [1.165, 1.54) is 44.0 Å². The van der Waals surface area contributed by atoms with Gasteiger partial charge in [-0.25, -0.2) is 0 Å². The first-order valence-corrected chi connectivity index (χ1v) is 6.60. The van der Waals surface area contributed by atoms with Crippen LogP contribution in [0.1, 0.15) is 19.8 Å². The van der Waals surface area contributed by atoms with Crippen LogP contribution in [-0.4, -0.2) is 48.1 Å². The molecule has 13 heavy (non-hydrogen) atoms. The van der Waals surface area contributed by atoms with Crippen molar-refractivity contribution in [2.75, 3.05) is 31.1 Å². The lowest BCUT2D eigenvalue weighted by Gasteiger charge is -2.36. The molecule has 2 heterocycles. The summed E-state index contributed by atoms with van der Waals surface area (Å²) in [6, 6.07) is 1.65. The van der Waals surface area contributed by atoms with Crippen LogP contribution in [0, 0.1) is 0 Å². The van der Waals surface area contributed by atoms with Crippen molar-refractivity contribution >= 4 is 11.8 Å². The van der Waals surface area contributed by atoms with Crippen LogP contribution in [0.2, 0.25) is 0 Å². The highest BCUT2D eigenvalue weighted by molar-refractivity contribution is 8.00. The summed E-state index contributed by atoms with van der Waals surface area (Å²) in [5, 5.41) is 3.75. The first-order valence-electron chi connectivity index (χ1n) is 5.44. The average molecular weight is 200 g/mol. The fourth-order valence-electron chi connectivity index (χ4n) is 2.08. The summed E-state index contributed by atoms with van der Waals surface area (Å²) in [5.74, 6) is 2.68. The molecule has 0 bridgehead atoms. The molecular weight excluding hydrogens is 180 g/mol. The van der Waals surface area contributed by atoms with Crippen LogP contribution in [0.4, 0.5) is 0 Å². The van der Waals surface area contributed by atoms with Gasteiger partial charge in [-0.05, 0) is 32.5 Å². The SMILES string of the molecule is CCN1CCC(NC2CSC2)CC1. The fourth-order valence-corrected chi connectivity index (χ4v) is 2.74. The minimum atomic E-state index is 0.814. The molecule has 0 radical (unpaired) electrons. The Kier molecular flexibility index (Phi) is 3.52. The van der Waals surface area contributed by atoms with Crippen LogP contribution >= 0.6 is 11.8 Å². The van der Waals surface area contributed by atoms with E-state index in [1.54, 1.807) is 0 Å². The van der Waals surface area contributed by atoms with Crippen LogP contribution in [0.15, 0.2) is 0 Å². The fraction of sp³-hybridized carbons (Fsp3) is 1.00. The van der Waals surface area contributed by atoms with Crippen molar-refractivity contribution in [3.05, 3.63) is 0 Å². The van der Waals surface area contributed by atoms with E-state index in [4.69, 9.17) is 0 Å². The molecule has 0 atom stereocenters. The molecule has 2 aliphatic heterocycles. The quantitative estimate of drug-likeness (QED) is 0.736. The van der Waals surface area contributed by atoms with Gasteiger partial charge in [0.2, 0.25) is 0 Å². The first kappa shape index (κ1) is 9.81. The third-order valence-corrected chi connectivity index (χ3v) is 4.42. The zero-order valence-electron chi connectivity index (χ0n) is 8.46. The molecule has 2 nitrogen and oxygen atoms in total. The Morgan fingerprint density at radius 3 is 2.38 bits per heavy atom. The standard InChI is InChI=1S/C10H20N2S/c1-2-12-5-3-9(4-6-12)11-10-7-13-8-10/h9-11H,2-8H2,1H3. The zero-order chi connectivity index (χ0) is 9.10. The van der Waals surface area contributed by atoms with E-state index < -0.39 is 0 Å². The maximum absolute atomic E-state index is 3.75. The predicted molar refractivity (Wildman–Crippen MR) is 59.4 cm³/mol. The molecule has 0 aromatic carbocycles. The lowest BCUT2D eigenvalue weighted by atomic mass is 10.0. The van der Waals surface area contributed by atoms with E-state index in [2.05, 4.69) is 28.9 Å². The van der Waals surface area contributed by atoms with Gasteiger partial charge in [0.1, 0.15) is 0 Å². The predicted octanol–water partition coefficient (Wildman–Crippen LogP) is 1.18. The largest absolute Gasteiger partial charge is 0.309 e. The molecule has 76 valence electrons. The number of hydrogen-bond donors (Lipinski definition) is 1. The van der Waals surface area contributed by atoms with E-state index in [1.807, 2.05) is 0 Å². The Morgan fingerprint density at radius 2 is 1.92 bits per heavy atom. The number of rotatable bonds is 3. The van der Waals surface area contributed by atoms with Gasteiger partial charge < -0.3 is 10.2 Å². The number of piperidine rings is 1. The highest BCUT2D eigenvalue weighted by Gasteiger charge is 2.24. The summed E-state index contributed by atoms with van der Waals surface area (Å²) < 4.78 is 0. The molecule has 2 saturated heterocycles. The van der Waals surface area contributed by atoms with Gasteiger partial charge in [0.05, 0.1) is 0 Å². The smallest absolute Gasteiger partial charge is 0.0251 e. The van der Waals surface area contributed by atoms with Gasteiger partial charge >= 0.3 is 0 Å². The minimum Gasteiger partial charge on any atom is -0.309 e. The molecule has 0 spiro atoms. The van der Waals surface area contributed by atoms with Crippen molar-refractivity contribution in [1.82, 2.24) is 10.2 Å². The molecule has 0 aromatic heterocycles. The molecule has 0 aromatic rings. The van der Waals surface area contributed by atoms with E-state index in [9.17, 15) is 0 Å². The molecule has 1 N–H and O–H groups in total. The van der Waals surface area contributed by atoms with Crippen LogP contribution in [-0.2, 0) is 0 Å². The summed E-state index contributed by atoms with van der Waals surface area (Å²) in [6.45, 7) is 6.09. The van der Waals surface area contributed by atoms with Gasteiger partial charge in [0.15, 0.2) is 0 Å². The van der Waals surface area contributed by atoms with Crippen LogP contribution in [0.5, 0.6) is 0 Å². The van der Waals surface area contributed by atoms with E-state index in [-0.39, 0.29) is 0 Å². The molecule has 0 amide bonds. The number of nitrogens with zero attached hydrogens (tertiary/aromatic N) is 1. The summed E-state index contributed by atoms with van der Waals surface area (Å²) >= 11 is 2.07. The second kappa shape index (κ2) is 4.67. The Hall–Kier alpha value is 0.270. The van der Waals surface area contributed by atoms with Crippen molar-refractivity contribution in [3.63, 3.8) is 0 Å². The van der Waals surface area contributed by atoms with E-state index >= 15 is 0 Å². The molecule has 2 fully saturated rings. The molecule has 2 rings (SSSR count). The molecule has 0 aliphatic carbocycles. The zero-order valence-corrected chi connectivity index (χ0v) is 9.28. The van der Waals surface area contributed by atoms with Crippen LogP contribution in [0.3, 0.4) is 0 Å². The van der Waals surface area contributed by atoms with Crippen molar-refractivity contribution in [1.29, 1.82) is 0 Å². The maximum Gasteiger partial charge on any atom is 0.0251 e. The van der Waals surface area contributed by atoms with Crippen molar-refractivity contribution < 1.29 is 0 Å². The van der Waals surface area contributed by atoms with E-state index in [0.717, 1.165) is 12.1 Å². The third kappa shape index (κ3) is 2.61. The van der Waals surface area contributed by atoms with Crippen LogP contribution < -0.4 is 5.32 Å². The van der Waals surface area contributed by atoms with Crippen molar-refractivity contribution in [3.8, 4) is 0 Å². The first-order chi connectivity index (χ1) is 6.38. The van der Waals surface area contributed by atoms with Gasteiger partial charge in [-0.2, -0.15) is 11.8 Å². The second-order valence-corrected chi connectivity index (χ2v) is 5.18. The summed E-state index contributed by atoms with van der Waals surface area (Å²) in [4.78, 5) is 2.55. The van der Waals surface area contributed by atoms with Gasteiger partial charge in [-0.15, -0.1) is 0 Å². The molecular formula is C10H20N2S. The van der Waals surface area contributed by atoms with Gasteiger partial charge in [-0.3, -0.25) is 0 Å². The lowest BCUT2D eigenvalue weighted by molar-refractivity contribution is 0.201. The summed E-state index contributed by atoms with van der Waals surface area (Å²) in [5.41, 5.74) is 0. The molecule has 3 heteroatoms. The monoisotopic (exact) mass is 200 g/mol. The Morgan fingerprint density at radius 1 is 1.23 bits per heavy atom. The van der Waals surface area contributed by atoms with Crippen molar-refractivity contribution in [2.24, 2.45) is 0 Å².